The lowest BCUT2D eigenvalue weighted by Gasteiger charge is -2.21. The maximum atomic E-state index is 14.1. The molecular formula is C17H20F2N2. The normalized spacial score (nSPS) is 12.4. The number of aryl methyl sites for hydroxylation is 2. The standard InChI is InChI=1S/C17H20F2N2/c1-4-7-20-17(14-6-5-13(18)9-15(14)19)16-12(3)8-11(2)10-21-16/h5-6,8-10,17,20H,4,7H2,1-3H3. The number of halogens is 2. The average Bonchev–Trinajstić information content (AvgIpc) is 2.42. The Kier molecular flexibility index (Phi) is 5.02. The van der Waals surface area contributed by atoms with Crippen LogP contribution in [0.15, 0.2) is 30.5 Å². The van der Waals surface area contributed by atoms with E-state index in [1.165, 1.54) is 12.1 Å². The van der Waals surface area contributed by atoms with E-state index >= 15 is 0 Å². The molecule has 0 amide bonds. The van der Waals surface area contributed by atoms with Crippen LogP contribution >= 0.6 is 0 Å². The number of benzene rings is 1. The maximum absolute atomic E-state index is 14.1. The van der Waals surface area contributed by atoms with Crippen molar-refractivity contribution < 1.29 is 8.78 Å². The molecule has 0 spiro atoms. The first-order chi connectivity index (χ1) is 10.0. The largest absolute Gasteiger partial charge is 0.305 e. The fraction of sp³-hybridized carbons (Fsp3) is 0.353. The molecule has 0 aliphatic heterocycles. The van der Waals surface area contributed by atoms with Gasteiger partial charge in [0.2, 0.25) is 0 Å². The van der Waals surface area contributed by atoms with E-state index in [-0.39, 0.29) is 6.04 Å². The molecule has 0 bridgehead atoms. The number of rotatable bonds is 5. The molecule has 1 aromatic heterocycles. The molecule has 2 nitrogen and oxygen atoms in total. The molecule has 0 fully saturated rings. The monoisotopic (exact) mass is 290 g/mol. The summed E-state index contributed by atoms with van der Waals surface area (Å²) in [6.07, 6.45) is 2.69. The van der Waals surface area contributed by atoms with Crippen molar-refractivity contribution in [2.75, 3.05) is 6.54 Å². The Hall–Kier alpha value is -1.81. The Balaban J connectivity index is 2.46. The molecule has 1 N–H and O–H groups in total. The van der Waals surface area contributed by atoms with Crippen LogP contribution in [0.5, 0.6) is 0 Å². The minimum atomic E-state index is -0.570. The molecule has 2 rings (SSSR count). The van der Waals surface area contributed by atoms with Gasteiger partial charge < -0.3 is 5.32 Å². The summed E-state index contributed by atoms with van der Waals surface area (Å²) in [4.78, 5) is 4.45. The van der Waals surface area contributed by atoms with E-state index in [4.69, 9.17) is 0 Å². The van der Waals surface area contributed by atoms with E-state index in [0.29, 0.717) is 5.56 Å². The third-order valence-electron chi connectivity index (χ3n) is 3.40. The van der Waals surface area contributed by atoms with Crippen molar-refractivity contribution in [2.45, 2.75) is 33.2 Å². The summed E-state index contributed by atoms with van der Waals surface area (Å²) in [7, 11) is 0. The smallest absolute Gasteiger partial charge is 0.131 e. The summed E-state index contributed by atoms with van der Waals surface area (Å²) in [6.45, 7) is 6.70. The van der Waals surface area contributed by atoms with E-state index in [9.17, 15) is 8.78 Å². The topological polar surface area (TPSA) is 24.9 Å². The van der Waals surface area contributed by atoms with Gasteiger partial charge in [-0.15, -0.1) is 0 Å². The molecule has 0 radical (unpaired) electrons. The lowest BCUT2D eigenvalue weighted by molar-refractivity contribution is 0.526. The van der Waals surface area contributed by atoms with E-state index in [0.717, 1.165) is 35.9 Å². The van der Waals surface area contributed by atoms with Crippen LogP contribution in [-0.2, 0) is 0 Å². The number of nitrogens with zero attached hydrogens (tertiary/aromatic N) is 1. The maximum Gasteiger partial charge on any atom is 0.131 e. The van der Waals surface area contributed by atoms with Crippen molar-refractivity contribution >= 4 is 0 Å². The van der Waals surface area contributed by atoms with Crippen LogP contribution in [0.4, 0.5) is 8.78 Å². The van der Waals surface area contributed by atoms with E-state index in [2.05, 4.69) is 10.3 Å². The zero-order chi connectivity index (χ0) is 15.4. The van der Waals surface area contributed by atoms with Crippen molar-refractivity contribution in [1.82, 2.24) is 10.3 Å². The highest BCUT2D eigenvalue weighted by Gasteiger charge is 2.20. The molecule has 0 saturated heterocycles. The second-order valence-corrected chi connectivity index (χ2v) is 5.27. The zero-order valence-corrected chi connectivity index (χ0v) is 12.6. The van der Waals surface area contributed by atoms with E-state index < -0.39 is 11.6 Å². The van der Waals surface area contributed by atoms with Gasteiger partial charge in [0, 0.05) is 17.8 Å². The fourth-order valence-corrected chi connectivity index (χ4v) is 2.41. The van der Waals surface area contributed by atoms with Crippen LogP contribution in [-0.4, -0.2) is 11.5 Å². The van der Waals surface area contributed by atoms with Crippen LogP contribution in [0.3, 0.4) is 0 Å². The second-order valence-electron chi connectivity index (χ2n) is 5.27. The van der Waals surface area contributed by atoms with Gasteiger partial charge in [-0.2, -0.15) is 0 Å². The minimum absolute atomic E-state index is 0.369. The van der Waals surface area contributed by atoms with Gasteiger partial charge >= 0.3 is 0 Å². The molecule has 0 aliphatic carbocycles. The summed E-state index contributed by atoms with van der Waals surface area (Å²) >= 11 is 0. The van der Waals surface area contributed by atoms with Crippen LogP contribution in [0.25, 0.3) is 0 Å². The Bertz CT molecular complexity index is 575. The number of pyridine rings is 1. The van der Waals surface area contributed by atoms with Crippen molar-refractivity contribution in [3.63, 3.8) is 0 Å². The summed E-state index contributed by atoms with van der Waals surface area (Å²) in [6, 6.07) is 5.33. The first kappa shape index (κ1) is 15.6. The SMILES string of the molecule is CCCNC(c1ccc(F)cc1F)c1ncc(C)cc1C. The van der Waals surface area contributed by atoms with Crippen LogP contribution < -0.4 is 5.32 Å². The summed E-state index contributed by atoms with van der Waals surface area (Å²) in [5.74, 6) is -1.12. The molecule has 21 heavy (non-hydrogen) atoms. The van der Waals surface area contributed by atoms with Crippen LogP contribution in [0.2, 0.25) is 0 Å². The molecule has 1 unspecified atom stereocenters. The number of hydrogen-bond donors (Lipinski definition) is 1. The Morgan fingerprint density at radius 2 is 1.95 bits per heavy atom. The third kappa shape index (κ3) is 3.64. The molecule has 1 heterocycles. The van der Waals surface area contributed by atoms with Crippen LogP contribution in [0, 0.1) is 25.5 Å². The Morgan fingerprint density at radius 3 is 2.57 bits per heavy atom. The third-order valence-corrected chi connectivity index (χ3v) is 3.40. The Labute approximate surface area is 124 Å². The highest BCUT2D eigenvalue weighted by molar-refractivity contribution is 5.34. The van der Waals surface area contributed by atoms with Gasteiger partial charge in [0.1, 0.15) is 11.6 Å². The molecule has 1 aromatic carbocycles. The van der Waals surface area contributed by atoms with Gasteiger partial charge in [-0.05, 0) is 44.0 Å². The number of aromatic nitrogens is 1. The van der Waals surface area contributed by atoms with Gasteiger partial charge in [-0.3, -0.25) is 4.98 Å². The highest BCUT2D eigenvalue weighted by atomic mass is 19.1. The van der Waals surface area contributed by atoms with Gasteiger partial charge in [-0.25, -0.2) is 8.78 Å². The predicted octanol–water partition coefficient (Wildman–Crippen LogP) is 4.07. The number of hydrogen-bond acceptors (Lipinski definition) is 2. The van der Waals surface area contributed by atoms with Gasteiger partial charge in [-0.1, -0.05) is 19.1 Å². The zero-order valence-electron chi connectivity index (χ0n) is 12.6. The molecule has 1 atom stereocenters. The van der Waals surface area contributed by atoms with Crippen molar-refractivity contribution in [3.05, 3.63) is 64.5 Å². The molecular weight excluding hydrogens is 270 g/mol. The number of nitrogens with one attached hydrogen (secondary N) is 1. The lowest BCUT2D eigenvalue weighted by Crippen LogP contribution is -2.26. The Morgan fingerprint density at radius 1 is 1.19 bits per heavy atom. The first-order valence-electron chi connectivity index (χ1n) is 7.14. The quantitative estimate of drug-likeness (QED) is 0.898. The molecule has 0 aliphatic rings. The molecule has 4 heteroatoms. The molecule has 2 aromatic rings. The second kappa shape index (κ2) is 6.76. The first-order valence-corrected chi connectivity index (χ1v) is 7.14. The van der Waals surface area contributed by atoms with Crippen molar-refractivity contribution in [2.24, 2.45) is 0 Å². The van der Waals surface area contributed by atoms with Gasteiger partial charge in [0.15, 0.2) is 0 Å². The van der Waals surface area contributed by atoms with Crippen molar-refractivity contribution in [1.29, 1.82) is 0 Å². The average molecular weight is 290 g/mol. The minimum Gasteiger partial charge on any atom is -0.305 e. The molecule has 0 saturated carbocycles. The van der Waals surface area contributed by atoms with Crippen LogP contribution in [0.1, 0.15) is 41.8 Å². The predicted molar refractivity (Wildman–Crippen MR) is 80.2 cm³/mol. The van der Waals surface area contributed by atoms with Crippen molar-refractivity contribution in [3.8, 4) is 0 Å². The summed E-state index contributed by atoms with van der Waals surface area (Å²) in [5, 5.41) is 3.30. The highest BCUT2D eigenvalue weighted by Crippen LogP contribution is 2.26. The molecule has 112 valence electrons. The fourth-order valence-electron chi connectivity index (χ4n) is 2.41. The lowest BCUT2D eigenvalue weighted by atomic mass is 9.98. The summed E-state index contributed by atoms with van der Waals surface area (Å²) < 4.78 is 27.2. The van der Waals surface area contributed by atoms with Gasteiger partial charge in [0.05, 0.1) is 11.7 Å². The summed E-state index contributed by atoms with van der Waals surface area (Å²) in [5.41, 5.74) is 3.25. The van der Waals surface area contributed by atoms with E-state index in [1.54, 1.807) is 6.20 Å². The van der Waals surface area contributed by atoms with E-state index in [1.807, 2.05) is 26.8 Å². The van der Waals surface area contributed by atoms with Gasteiger partial charge in [0.25, 0.3) is 0 Å².